The molecule has 0 aromatic heterocycles. The van der Waals surface area contributed by atoms with Crippen LogP contribution in [0.5, 0.6) is 11.5 Å². The van der Waals surface area contributed by atoms with Crippen LogP contribution in [0.4, 0.5) is 0 Å². The van der Waals surface area contributed by atoms with Crippen molar-refractivity contribution in [3.8, 4) is 11.5 Å². The highest BCUT2D eigenvalue weighted by Crippen LogP contribution is 2.56. The van der Waals surface area contributed by atoms with Gasteiger partial charge >= 0.3 is 5.97 Å². The van der Waals surface area contributed by atoms with E-state index < -0.39 is 93.5 Å². The Morgan fingerprint density at radius 1 is 1.06 bits per heavy atom. The van der Waals surface area contributed by atoms with E-state index in [4.69, 9.17) is 14.6 Å². The normalized spacial score (nSPS) is 37.0. The Bertz CT molecular complexity index is 1170. The van der Waals surface area contributed by atoms with Crippen LogP contribution < -0.4 is 0 Å². The van der Waals surface area contributed by atoms with E-state index in [1.165, 1.54) is 13.8 Å². The molecule has 2 aliphatic carbocycles. The maximum atomic E-state index is 13.6. The lowest BCUT2D eigenvalue weighted by molar-refractivity contribution is -0.310. The molecule has 6 atom stereocenters. The number of benzene rings is 1. The van der Waals surface area contributed by atoms with Crippen LogP contribution in [0.2, 0.25) is 0 Å². The van der Waals surface area contributed by atoms with E-state index in [2.05, 4.69) is 0 Å². The number of carboxylic acid groups (broad SMARTS) is 1. The Labute approximate surface area is 186 Å². The van der Waals surface area contributed by atoms with Crippen molar-refractivity contribution in [3.63, 3.8) is 0 Å². The number of hydrogen-bond acceptors (Lipinski definition) is 10. The number of phenols is 2. The molecule has 1 aromatic rings. The van der Waals surface area contributed by atoms with E-state index in [1.54, 1.807) is 0 Å². The fourth-order valence-electron chi connectivity index (χ4n) is 5.71. The average molecular weight is 462 g/mol. The number of aliphatic hydroxyl groups is 3. The molecule has 0 amide bonds. The fraction of sp³-hybridized carbons (Fsp3) is 0.500. The number of carboxylic acids is 1. The minimum atomic E-state index is -2.39. The SMILES string of the molecule is C[C@@H]1O[C@@H](CC(=O)O)Cc2c(O)c3c(c(O)c21)C(=O)C1=C(C3=O)[C@@]2(O)C[C@H](O)[C@]1(O)[C@@H](C)O2. The minimum Gasteiger partial charge on any atom is -0.507 e. The van der Waals surface area contributed by atoms with Crippen molar-refractivity contribution in [2.45, 2.75) is 68.9 Å². The molecule has 176 valence electrons. The number of aromatic hydroxyl groups is 2. The molecule has 0 saturated carbocycles. The highest BCUT2D eigenvalue weighted by atomic mass is 16.6. The third-order valence-corrected chi connectivity index (χ3v) is 7.15. The van der Waals surface area contributed by atoms with Gasteiger partial charge in [-0.1, -0.05) is 0 Å². The van der Waals surface area contributed by atoms with Crippen molar-refractivity contribution < 1.29 is 54.5 Å². The van der Waals surface area contributed by atoms with E-state index in [1.807, 2.05) is 0 Å². The first-order chi connectivity index (χ1) is 15.3. The zero-order chi connectivity index (χ0) is 24.2. The van der Waals surface area contributed by atoms with E-state index >= 15 is 0 Å². The number of aliphatic hydroxyl groups excluding tert-OH is 1. The molecule has 1 saturated heterocycles. The van der Waals surface area contributed by atoms with Gasteiger partial charge in [-0.2, -0.15) is 0 Å². The van der Waals surface area contributed by atoms with Crippen molar-refractivity contribution in [2.24, 2.45) is 0 Å². The maximum absolute atomic E-state index is 13.6. The van der Waals surface area contributed by atoms with Gasteiger partial charge in [-0.05, 0) is 13.8 Å². The van der Waals surface area contributed by atoms with Gasteiger partial charge in [0.15, 0.2) is 17.4 Å². The van der Waals surface area contributed by atoms with Crippen LogP contribution in [0.3, 0.4) is 0 Å². The van der Waals surface area contributed by atoms with Crippen molar-refractivity contribution in [2.75, 3.05) is 0 Å². The number of ether oxygens (including phenoxy) is 2. The van der Waals surface area contributed by atoms with E-state index in [-0.39, 0.29) is 24.0 Å². The van der Waals surface area contributed by atoms with Crippen LogP contribution in [0.25, 0.3) is 0 Å². The highest BCUT2D eigenvalue weighted by Gasteiger charge is 2.67. The lowest BCUT2D eigenvalue weighted by atomic mass is 9.62. The summed E-state index contributed by atoms with van der Waals surface area (Å²) in [6, 6.07) is 0. The van der Waals surface area contributed by atoms with Crippen LogP contribution >= 0.6 is 0 Å². The molecule has 0 radical (unpaired) electrons. The molecule has 6 rings (SSSR count). The molecule has 1 fully saturated rings. The Kier molecular flexibility index (Phi) is 4.41. The van der Waals surface area contributed by atoms with Crippen LogP contribution in [0.15, 0.2) is 11.1 Å². The standard InChI is InChI=1S/C22H22O11/c1-6-12-9(3-8(32-6)4-11(24)25)17(26)13-14(18(12)27)20(29)16-15(19(13)28)21(30)5-10(23)22(16,31)7(2)33-21/h6-8,10,23,26-27,30-31H,3-5H2,1-2H3,(H,24,25)/t6-,7+,8+,10-,21+,22+/m0/s1. The largest absolute Gasteiger partial charge is 0.507 e. The van der Waals surface area contributed by atoms with Gasteiger partial charge < -0.3 is 40.1 Å². The molecule has 33 heavy (non-hydrogen) atoms. The van der Waals surface area contributed by atoms with Crippen molar-refractivity contribution in [1.82, 2.24) is 0 Å². The maximum Gasteiger partial charge on any atom is 0.305 e. The average Bonchev–Trinajstić information content (AvgIpc) is 2.69. The third-order valence-electron chi connectivity index (χ3n) is 7.15. The van der Waals surface area contributed by atoms with Crippen LogP contribution in [-0.4, -0.2) is 77.9 Å². The summed E-state index contributed by atoms with van der Waals surface area (Å²) in [5.41, 5.74) is -4.57. The molecule has 6 N–H and O–H groups in total. The van der Waals surface area contributed by atoms with Crippen molar-refractivity contribution in [3.05, 3.63) is 33.4 Å². The Hall–Kier alpha value is -2.83. The summed E-state index contributed by atoms with van der Waals surface area (Å²) < 4.78 is 11.0. The van der Waals surface area contributed by atoms with E-state index in [0.717, 1.165) is 0 Å². The van der Waals surface area contributed by atoms with Crippen molar-refractivity contribution in [1.29, 1.82) is 0 Å². The summed E-state index contributed by atoms with van der Waals surface area (Å²) in [4.78, 5) is 38.2. The molecule has 11 nitrogen and oxygen atoms in total. The van der Waals surface area contributed by atoms with Gasteiger partial charge in [-0.3, -0.25) is 14.4 Å². The monoisotopic (exact) mass is 462 g/mol. The van der Waals surface area contributed by atoms with E-state index in [9.17, 15) is 39.9 Å². The Morgan fingerprint density at radius 2 is 1.67 bits per heavy atom. The number of aliphatic carboxylic acids is 1. The fourth-order valence-corrected chi connectivity index (χ4v) is 5.71. The zero-order valence-electron chi connectivity index (χ0n) is 17.7. The summed E-state index contributed by atoms with van der Waals surface area (Å²) in [5.74, 6) is -6.89. The number of ketones is 2. The molecular formula is C22H22O11. The summed E-state index contributed by atoms with van der Waals surface area (Å²) in [5, 5.41) is 63.9. The number of Topliss-reactive ketones (excluding diaryl/α,β-unsaturated/α-hetero) is 2. The molecule has 11 heteroatoms. The van der Waals surface area contributed by atoms with Gasteiger partial charge in [0, 0.05) is 29.5 Å². The minimum absolute atomic E-state index is 0.0228. The number of carbonyl (C=O) groups is 3. The summed E-state index contributed by atoms with van der Waals surface area (Å²) >= 11 is 0. The summed E-state index contributed by atoms with van der Waals surface area (Å²) in [6.45, 7) is 2.82. The summed E-state index contributed by atoms with van der Waals surface area (Å²) in [7, 11) is 0. The predicted molar refractivity (Wildman–Crippen MR) is 106 cm³/mol. The molecule has 0 spiro atoms. The number of hydrogen-bond donors (Lipinski definition) is 6. The lowest BCUT2D eigenvalue weighted by Gasteiger charge is -2.56. The molecule has 3 aliphatic heterocycles. The Balaban J connectivity index is 1.76. The van der Waals surface area contributed by atoms with Gasteiger partial charge in [0.25, 0.3) is 0 Å². The first-order valence-electron chi connectivity index (χ1n) is 10.5. The zero-order valence-corrected chi connectivity index (χ0v) is 17.7. The molecule has 2 bridgehead atoms. The molecular weight excluding hydrogens is 440 g/mol. The highest BCUT2D eigenvalue weighted by molar-refractivity contribution is 6.31. The van der Waals surface area contributed by atoms with Crippen LogP contribution in [-0.2, 0) is 20.7 Å². The number of rotatable bonds is 2. The number of phenolic OH excluding ortho intramolecular Hbond substituents is 2. The molecule has 5 aliphatic rings. The van der Waals surface area contributed by atoms with Gasteiger partial charge in [-0.15, -0.1) is 0 Å². The van der Waals surface area contributed by atoms with Crippen LogP contribution in [0, 0.1) is 0 Å². The summed E-state index contributed by atoms with van der Waals surface area (Å²) in [6.07, 6.45) is -5.77. The van der Waals surface area contributed by atoms with Crippen LogP contribution in [0.1, 0.15) is 64.6 Å². The second-order valence-corrected chi connectivity index (χ2v) is 9.04. The first kappa shape index (κ1) is 22.0. The molecule has 1 aromatic carbocycles. The van der Waals surface area contributed by atoms with Gasteiger partial charge in [0.1, 0.15) is 17.1 Å². The lowest BCUT2D eigenvalue weighted by Crippen LogP contribution is -2.70. The van der Waals surface area contributed by atoms with Gasteiger partial charge in [0.2, 0.25) is 0 Å². The number of fused-ring (bicyclic) bond motifs is 4. The van der Waals surface area contributed by atoms with E-state index in [0.29, 0.717) is 0 Å². The predicted octanol–water partition coefficient (Wildman–Crippen LogP) is -0.147. The Morgan fingerprint density at radius 3 is 2.27 bits per heavy atom. The quantitative estimate of drug-likeness (QED) is 0.320. The first-order valence-corrected chi connectivity index (χ1v) is 10.5. The smallest absolute Gasteiger partial charge is 0.305 e. The second kappa shape index (κ2) is 6.61. The van der Waals surface area contributed by atoms with Gasteiger partial charge in [0.05, 0.1) is 47.5 Å². The second-order valence-electron chi connectivity index (χ2n) is 9.04. The molecule has 3 heterocycles. The number of carbonyl (C=O) groups excluding carboxylic acids is 2. The topological polar surface area (TPSA) is 191 Å². The molecule has 0 unspecified atom stereocenters. The third kappa shape index (κ3) is 2.59. The van der Waals surface area contributed by atoms with Crippen molar-refractivity contribution >= 4 is 17.5 Å². The van der Waals surface area contributed by atoms with Gasteiger partial charge in [-0.25, -0.2) is 0 Å².